The second kappa shape index (κ2) is 6.60. The van der Waals surface area contributed by atoms with Gasteiger partial charge in [0.1, 0.15) is 5.82 Å². The van der Waals surface area contributed by atoms with Crippen LogP contribution in [0.2, 0.25) is 0 Å². The molecular weight excluding hydrogens is 288 g/mol. The van der Waals surface area contributed by atoms with Crippen LogP contribution in [0.1, 0.15) is 42.5 Å². The first-order valence-corrected chi connectivity index (χ1v) is 7.79. The van der Waals surface area contributed by atoms with Crippen molar-refractivity contribution < 1.29 is 4.79 Å². The molecule has 0 saturated carbocycles. The van der Waals surface area contributed by atoms with Crippen molar-refractivity contribution >= 4 is 16.9 Å². The quantitative estimate of drug-likeness (QED) is 0.758. The van der Waals surface area contributed by atoms with E-state index in [1.165, 1.54) is 0 Å². The summed E-state index contributed by atoms with van der Waals surface area (Å²) in [5, 5.41) is 3.08. The first-order valence-electron chi connectivity index (χ1n) is 7.79. The van der Waals surface area contributed by atoms with Crippen LogP contribution in [0.5, 0.6) is 0 Å². The van der Waals surface area contributed by atoms with E-state index in [0.717, 1.165) is 23.3 Å². The topological polar surface area (TPSA) is 70.7 Å². The highest BCUT2D eigenvalue weighted by molar-refractivity contribution is 5.94. The van der Waals surface area contributed by atoms with Crippen molar-refractivity contribution in [1.29, 1.82) is 0 Å². The van der Waals surface area contributed by atoms with E-state index < -0.39 is 0 Å². The summed E-state index contributed by atoms with van der Waals surface area (Å²) >= 11 is 0. The number of pyridine rings is 1. The van der Waals surface area contributed by atoms with Crippen molar-refractivity contribution in [2.45, 2.75) is 26.3 Å². The third kappa shape index (κ3) is 3.56. The lowest BCUT2D eigenvalue weighted by Gasteiger charge is -2.18. The molecule has 5 heteroatoms. The highest BCUT2D eigenvalue weighted by Gasteiger charge is 2.20. The first kappa shape index (κ1) is 15.2. The number of aromatic nitrogens is 3. The number of hydrogen-bond acceptors (Lipinski definition) is 3. The van der Waals surface area contributed by atoms with E-state index in [2.05, 4.69) is 34.1 Å². The van der Waals surface area contributed by atoms with E-state index in [0.29, 0.717) is 11.5 Å². The van der Waals surface area contributed by atoms with Crippen molar-refractivity contribution in [3.8, 4) is 0 Å². The summed E-state index contributed by atoms with van der Waals surface area (Å²) in [4.78, 5) is 24.3. The van der Waals surface area contributed by atoms with Gasteiger partial charge in [-0.1, -0.05) is 26.0 Å². The zero-order chi connectivity index (χ0) is 16.2. The SMILES string of the molecule is CC(C)C[C@@H](NC(=O)c1ccncc1)c1nc2ccccc2[nH]1. The summed E-state index contributed by atoms with van der Waals surface area (Å²) in [6.45, 7) is 4.27. The monoisotopic (exact) mass is 308 g/mol. The maximum atomic E-state index is 12.4. The van der Waals surface area contributed by atoms with Gasteiger partial charge in [0.25, 0.3) is 5.91 Å². The van der Waals surface area contributed by atoms with E-state index in [1.54, 1.807) is 24.5 Å². The highest BCUT2D eigenvalue weighted by atomic mass is 16.1. The zero-order valence-corrected chi connectivity index (χ0v) is 13.3. The molecule has 2 aromatic heterocycles. The van der Waals surface area contributed by atoms with Gasteiger partial charge in [-0.2, -0.15) is 0 Å². The molecular formula is C18H20N4O. The number of aromatic amines is 1. The predicted octanol–water partition coefficient (Wildman–Crippen LogP) is 3.48. The van der Waals surface area contributed by atoms with Gasteiger partial charge >= 0.3 is 0 Å². The fourth-order valence-electron chi connectivity index (χ4n) is 2.59. The molecule has 0 aliphatic carbocycles. The average molecular weight is 308 g/mol. The van der Waals surface area contributed by atoms with Crippen molar-refractivity contribution in [3.63, 3.8) is 0 Å². The number of fused-ring (bicyclic) bond motifs is 1. The number of nitrogens with zero attached hydrogens (tertiary/aromatic N) is 2. The third-order valence-electron chi connectivity index (χ3n) is 3.69. The van der Waals surface area contributed by atoms with Crippen molar-refractivity contribution in [3.05, 3.63) is 60.2 Å². The molecule has 0 aliphatic heterocycles. The number of para-hydroxylation sites is 2. The molecule has 1 atom stereocenters. The van der Waals surface area contributed by atoms with Crippen LogP contribution in [0, 0.1) is 5.92 Å². The second-order valence-electron chi connectivity index (χ2n) is 6.03. The molecule has 0 radical (unpaired) electrons. The third-order valence-corrected chi connectivity index (χ3v) is 3.69. The van der Waals surface area contributed by atoms with E-state index in [1.807, 2.05) is 24.3 Å². The number of carbonyl (C=O) groups excluding carboxylic acids is 1. The van der Waals surface area contributed by atoms with Crippen molar-refractivity contribution in [1.82, 2.24) is 20.3 Å². The number of rotatable bonds is 5. The van der Waals surface area contributed by atoms with E-state index in [-0.39, 0.29) is 11.9 Å². The molecule has 3 rings (SSSR count). The predicted molar refractivity (Wildman–Crippen MR) is 90.0 cm³/mol. The number of imidazole rings is 1. The smallest absolute Gasteiger partial charge is 0.251 e. The maximum absolute atomic E-state index is 12.4. The van der Waals surface area contributed by atoms with Crippen LogP contribution in [-0.4, -0.2) is 20.9 Å². The normalized spacial score (nSPS) is 12.5. The minimum absolute atomic E-state index is 0.112. The van der Waals surface area contributed by atoms with Gasteiger partial charge < -0.3 is 10.3 Å². The number of nitrogens with one attached hydrogen (secondary N) is 2. The molecule has 0 aliphatic rings. The number of carbonyl (C=O) groups is 1. The lowest BCUT2D eigenvalue weighted by molar-refractivity contribution is 0.0930. The van der Waals surface area contributed by atoms with E-state index in [9.17, 15) is 4.79 Å². The minimum Gasteiger partial charge on any atom is -0.342 e. The molecule has 2 heterocycles. The molecule has 3 aromatic rings. The van der Waals surface area contributed by atoms with Crippen molar-refractivity contribution in [2.24, 2.45) is 5.92 Å². The van der Waals surface area contributed by atoms with Crippen LogP contribution in [0.3, 0.4) is 0 Å². The number of H-pyrrole nitrogens is 1. The lowest BCUT2D eigenvalue weighted by atomic mass is 10.0. The number of hydrogen-bond donors (Lipinski definition) is 2. The Morgan fingerprint density at radius 1 is 1.17 bits per heavy atom. The Morgan fingerprint density at radius 3 is 2.61 bits per heavy atom. The Kier molecular flexibility index (Phi) is 4.37. The summed E-state index contributed by atoms with van der Waals surface area (Å²) < 4.78 is 0. The van der Waals surface area contributed by atoms with Gasteiger partial charge in [0.2, 0.25) is 0 Å². The molecule has 1 aromatic carbocycles. The van der Waals surface area contributed by atoms with Crippen LogP contribution in [0.25, 0.3) is 11.0 Å². The molecule has 2 N–H and O–H groups in total. The number of benzene rings is 1. The Balaban J connectivity index is 1.87. The summed E-state index contributed by atoms with van der Waals surface area (Å²) in [6, 6.07) is 11.1. The minimum atomic E-state index is -0.150. The van der Waals surface area contributed by atoms with Crippen LogP contribution < -0.4 is 5.32 Å². The van der Waals surface area contributed by atoms with Gasteiger partial charge in [-0.15, -0.1) is 0 Å². The molecule has 118 valence electrons. The van der Waals surface area contributed by atoms with E-state index >= 15 is 0 Å². The zero-order valence-electron chi connectivity index (χ0n) is 13.3. The molecule has 23 heavy (non-hydrogen) atoms. The average Bonchev–Trinajstić information content (AvgIpc) is 2.98. The van der Waals surface area contributed by atoms with Gasteiger partial charge in [-0.05, 0) is 36.6 Å². The van der Waals surface area contributed by atoms with Gasteiger partial charge in [0, 0.05) is 18.0 Å². The van der Waals surface area contributed by atoms with Gasteiger partial charge in [-0.3, -0.25) is 9.78 Å². The maximum Gasteiger partial charge on any atom is 0.251 e. The van der Waals surface area contributed by atoms with Crippen LogP contribution in [0.15, 0.2) is 48.8 Å². The largest absolute Gasteiger partial charge is 0.342 e. The molecule has 0 unspecified atom stereocenters. The van der Waals surface area contributed by atoms with E-state index in [4.69, 9.17) is 0 Å². The van der Waals surface area contributed by atoms with Crippen LogP contribution in [-0.2, 0) is 0 Å². The Hall–Kier alpha value is -2.69. The Morgan fingerprint density at radius 2 is 1.91 bits per heavy atom. The summed E-state index contributed by atoms with van der Waals surface area (Å²) in [5.41, 5.74) is 2.49. The molecule has 5 nitrogen and oxygen atoms in total. The molecule has 0 bridgehead atoms. The van der Waals surface area contributed by atoms with Gasteiger partial charge in [0.15, 0.2) is 0 Å². The fourth-order valence-corrected chi connectivity index (χ4v) is 2.59. The number of amides is 1. The molecule has 1 amide bonds. The molecule has 0 spiro atoms. The lowest BCUT2D eigenvalue weighted by Crippen LogP contribution is -2.30. The highest BCUT2D eigenvalue weighted by Crippen LogP contribution is 2.22. The van der Waals surface area contributed by atoms with Crippen LogP contribution >= 0.6 is 0 Å². The second-order valence-corrected chi connectivity index (χ2v) is 6.03. The van der Waals surface area contributed by atoms with Crippen LogP contribution in [0.4, 0.5) is 0 Å². The molecule has 0 saturated heterocycles. The summed E-state index contributed by atoms with van der Waals surface area (Å²) in [6.07, 6.45) is 4.05. The standard InChI is InChI=1S/C18H20N4O/c1-12(2)11-16(22-18(23)13-7-9-19-10-8-13)17-20-14-5-3-4-6-15(14)21-17/h3-10,12,16H,11H2,1-2H3,(H,20,21)(H,22,23)/t16-/m1/s1. The first-order chi connectivity index (χ1) is 11.1. The molecule has 0 fully saturated rings. The fraction of sp³-hybridized carbons (Fsp3) is 0.278. The summed E-state index contributed by atoms with van der Waals surface area (Å²) in [7, 11) is 0. The van der Waals surface area contributed by atoms with Crippen molar-refractivity contribution in [2.75, 3.05) is 0 Å². The van der Waals surface area contributed by atoms with Gasteiger partial charge in [0.05, 0.1) is 17.1 Å². The summed E-state index contributed by atoms with van der Waals surface area (Å²) in [5.74, 6) is 1.12. The Bertz CT molecular complexity index is 762. The van der Waals surface area contributed by atoms with Gasteiger partial charge in [-0.25, -0.2) is 4.98 Å². The Labute approximate surface area is 135 Å².